The lowest BCUT2D eigenvalue weighted by Gasteiger charge is -2.21. The van der Waals surface area contributed by atoms with Gasteiger partial charge in [-0.25, -0.2) is 8.42 Å². The largest absolute Gasteiger partial charge is 0.496 e. The summed E-state index contributed by atoms with van der Waals surface area (Å²) in [5.74, 6) is -1.45. The van der Waals surface area contributed by atoms with Crippen molar-refractivity contribution in [2.75, 3.05) is 36.2 Å². The van der Waals surface area contributed by atoms with Gasteiger partial charge in [0.25, 0.3) is 0 Å². The van der Waals surface area contributed by atoms with Crippen LogP contribution in [0, 0.1) is 0 Å². The number of ether oxygens (including phenoxy) is 1. The number of Topliss-reactive ketones (excluding diaryl/α,β-unsaturated/α-hetero) is 1. The molecule has 0 atom stereocenters. The highest BCUT2D eigenvalue weighted by molar-refractivity contribution is 7.91. The summed E-state index contributed by atoms with van der Waals surface area (Å²) in [5.41, 5.74) is 2.26. The summed E-state index contributed by atoms with van der Waals surface area (Å²) in [7, 11) is -2.35. The minimum Gasteiger partial charge on any atom is -0.496 e. The van der Waals surface area contributed by atoms with Gasteiger partial charge in [-0.15, -0.1) is 0 Å². The number of hydrogen-bond donors (Lipinski definition) is 1. The fourth-order valence-electron chi connectivity index (χ4n) is 3.60. The van der Waals surface area contributed by atoms with E-state index in [-0.39, 0.29) is 5.78 Å². The maximum absolute atomic E-state index is 12.7. The van der Waals surface area contributed by atoms with Gasteiger partial charge in [-0.05, 0) is 50.1 Å². The van der Waals surface area contributed by atoms with Crippen molar-refractivity contribution in [3.8, 4) is 5.75 Å². The summed E-state index contributed by atoms with van der Waals surface area (Å²) >= 11 is 0. The van der Waals surface area contributed by atoms with Crippen LogP contribution in [0.15, 0.2) is 42.5 Å². The van der Waals surface area contributed by atoms with Crippen LogP contribution in [0.2, 0.25) is 0 Å². The number of sulfone groups is 1. The van der Waals surface area contributed by atoms with Crippen molar-refractivity contribution in [3.05, 3.63) is 53.6 Å². The Morgan fingerprint density at radius 3 is 2.47 bits per heavy atom. The lowest BCUT2D eigenvalue weighted by molar-refractivity contribution is -0.113. The van der Waals surface area contributed by atoms with Crippen molar-refractivity contribution < 1.29 is 22.7 Å². The lowest BCUT2D eigenvalue weighted by atomic mass is 10.1. The highest BCUT2D eigenvalue weighted by Crippen LogP contribution is 2.29. The molecular formula is C22H26N2O5S. The number of amides is 1. The van der Waals surface area contributed by atoms with Gasteiger partial charge in [0.15, 0.2) is 15.6 Å². The van der Waals surface area contributed by atoms with Crippen LogP contribution in [-0.2, 0) is 20.4 Å². The van der Waals surface area contributed by atoms with Crippen LogP contribution >= 0.6 is 0 Å². The van der Waals surface area contributed by atoms with E-state index < -0.39 is 27.3 Å². The molecule has 1 saturated heterocycles. The number of para-hydroxylation sites is 2. The molecule has 3 rings (SSSR count). The standard InChI is InChI=1S/C22H26N2O5S/c1-16(25)17-9-10-21(29-2)18(13-17)14-30(27,28)15-22(26)23-19-7-3-4-8-20(19)24-11-5-6-12-24/h3-4,7-10,13H,5-6,11-12,14-15H2,1-2H3,(H,23,26). The van der Waals surface area contributed by atoms with Crippen LogP contribution in [-0.4, -0.2) is 46.1 Å². The van der Waals surface area contributed by atoms with Crippen LogP contribution in [0.4, 0.5) is 11.4 Å². The van der Waals surface area contributed by atoms with E-state index in [2.05, 4.69) is 10.2 Å². The van der Waals surface area contributed by atoms with Crippen molar-refractivity contribution >= 4 is 32.9 Å². The monoisotopic (exact) mass is 430 g/mol. The second-order valence-electron chi connectivity index (χ2n) is 7.37. The first-order valence-electron chi connectivity index (χ1n) is 9.81. The van der Waals surface area contributed by atoms with Crippen LogP contribution in [0.25, 0.3) is 0 Å². The second kappa shape index (κ2) is 9.30. The fourth-order valence-corrected chi connectivity index (χ4v) is 4.87. The Bertz CT molecular complexity index is 1040. The number of nitrogens with one attached hydrogen (secondary N) is 1. The number of benzene rings is 2. The van der Waals surface area contributed by atoms with E-state index in [0.29, 0.717) is 22.6 Å². The normalized spacial score (nSPS) is 13.9. The van der Waals surface area contributed by atoms with Gasteiger partial charge in [-0.2, -0.15) is 0 Å². The number of carbonyl (C=O) groups is 2. The third-order valence-corrected chi connectivity index (χ3v) is 6.49. The van der Waals surface area contributed by atoms with Gasteiger partial charge in [-0.1, -0.05) is 12.1 Å². The third kappa shape index (κ3) is 5.38. The molecule has 0 aromatic heterocycles. The Labute approximate surface area is 177 Å². The Morgan fingerprint density at radius 2 is 1.80 bits per heavy atom. The summed E-state index contributed by atoms with van der Waals surface area (Å²) in [6, 6.07) is 12.0. The molecule has 0 saturated carbocycles. The Balaban J connectivity index is 1.73. The zero-order valence-corrected chi connectivity index (χ0v) is 18.0. The van der Waals surface area contributed by atoms with Gasteiger partial charge in [0, 0.05) is 24.2 Å². The number of carbonyl (C=O) groups excluding carboxylic acids is 2. The van der Waals surface area contributed by atoms with E-state index in [1.54, 1.807) is 18.2 Å². The first kappa shape index (κ1) is 21.8. The molecule has 1 aliphatic heterocycles. The molecule has 2 aromatic carbocycles. The Morgan fingerprint density at radius 1 is 1.10 bits per heavy atom. The van der Waals surface area contributed by atoms with Gasteiger partial charge in [-0.3, -0.25) is 9.59 Å². The van der Waals surface area contributed by atoms with Gasteiger partial charge in [0.05, 0.1) is 24.2 Å². The van der Waals surface area contributed by atoms with Crippen molar-refractivity contribution in [1.82, 2.24) is 0 Å². The van der Waals surface area contributed by atoms with E-state index in [4.69, 9.17) is 4.74 Å². The predicted molar refractivity (Wildman–Crippen MR) is 117 cm³/mol. The van der Waals surface area contributed by atoms with Crippen molar-refractivity contribution in [2.24, 2.45) is 0 Å². The molecule has 0 spiro atoms. The minimum absolute atomic E-state index is 0.174. The van der Waals surface area contributed by atoms with Gasteiger partial charge < -0.3 is 15.0 Å². The molecule has 1 aliphatic rings. The smallest absolute Gasteiger partial charge is 0.239 e. The maximum atomic E-state index is 12.7. The molecule has 1 fully saturated rings. The van der Waals surface area contributed by atoms with Crippen molar-refractivity contribution in [3.63, 3.8) is 0 Å². The molecule has 1 amide bonds. The zero-order valence-electron chi connectivity index (χ0n) is 17.2. The number of nitrogens with zero attached hydrogens (tertiary/aromatic N) is 1. The SMILES string of the molecule is COc1ccc(C(C)=O)cc1CS(=O)(=O)CC(=O)Nc1ccccc1N1CCCC1. The van der Waals surface area contributed by atoms with Crippen LogP contribution < -0.4 is 15.0 Å². The molecule has 160 valence electrons. The number of hydrogen-bond acceptors (Lipinski definition) is 6. The molecule has 7 nitrogen and oxygen atoms in total. The van der Waals surface area contributed by atoms with E-state index >= 15 is 0 Å². The molecule has 8 heteroatoms. The maximum Gasteiger partial charge on any atom is 0.239 e. The average molecular weight is 431 g/mol. The summed E-state index contributed by atoms with van der Waals surface area (Å²) in [6.45, 7) is 3.24. The first-order valence-corrected chi connectivity index (χ1v) is 11.6. The van der Waals surface area contributed by atoms with Gasteiger partial charge in [0.1, 0.15) is 11.5 Å². The fraction of sp³-hybridized carbons (Fsp3) is 0.364. The van der Waals surface area contributed by atoms with E-state index in [9.17, 15) is 18.0 Å². The van der Waals surface area contributed by atoms with Gasteiger partial charge in [0.2, 0.25) is 5.91 Å². The molecule has 0 bridgehead atoms. The van der Waals surface area contributed by atoms with Gasteiger partial charge >= 0.3 is 0 Å². The lowest BCUT2D eigenvalue weighted by Crippen LogP contribution is -2.26. The second-order valence-corrected chi connectivity index (χ2v) is 9.44. The number of ketones is 1. The first-order chi connectivity index (χ1) is 14.3. The molecular weight excluding hydrogens is 404 g/mol. The molecule has 30 heavy (non-hydrogen) atoms. The molecule has 2 aromatic rings. The molecule has 1 N–H and O–H groups in total. The van der Waals surface area contributed by atoms with Crippen LogP contribution in [0.1, 0.15) is 35.7 Å². The predicted octanol–water partition coefficient (Wildman–Crippen LogP) is 3.05. The Kier molecular flexibility index (Phi) is 6.77. The summed E-state index contributed by atoms with van der Waals surface area (Å²) in [4.78, 5) is 26.3. The average Bonchev–Trinajstić information content (AvgIpc) is 3.22. The number of anilines is 2. The molecule has 0 radical (unpaired) electrons. The minimum atomic E-state index is -3.78. The van der Waals surface area contributed by atoms with Crippen LogP contribution in [0.5, 0.6) is 5.75 Å². The quantitative estimate of drug-likeness (QED) is 0.647. The molecule has 0 unspecified atom stereocenters. The number of rotatable bonds is 8. The van der Waals surface area contributed by atoms with E-state index in [1.165, 1.54) is 20.1 Å². The van der Waals surface area contributed by atoms with E-state index in [1.807, 2.05) is 18.2 Å². The molecule has 0 aliphatic carbocycles. The number of methoxy groups -OCH3 is 1. The molecule has 1 heterocycles. The van der Waals surface area contributed by atoms with E-state index in [0.717, 1.165) is 31.6 Å². The topological polar surface area (TPSA) is 92.8 Å². The summed E-state index contributed by atoms with van der Waals surface area (Å²) < 4.78 is 30.6. The third-order valence-electron chi connectivity index (χ3n) is 5.04. The van der Waals surface area contributed by atoms with Crippen molar-refractivity contribution in [1.29, 1.82) is 0 Å². The summed E-state index contributed by atoms with van der Waals surface area (Å²) in [5, 5.41) is 2.74. The Hall–Kier alpha value is -2.87. The van der Waals surface area contributed by atoms with Crippen molar-refractivity contribution in [2.45, 2.75) is 25.5 Å². The van der Waals surface area contributed by atoms with Crippen LogP contribution in [0.3, 0.4) is 0 Å². The summed E-state index contributed by atoms with van der Waals surface area (Å²) in [6.07, 6.45) is 2.19. The zero-order chi connectivity index (χ0) is 21.7. The highest BCUT2D eigenvalue weighted by Gasteiger charge is 2.22. The highest BCUT2D eigenvalue weighted by atomic mass is 32.2.